The molecule has 2 atom stereocenters. The van der Waals surface area contributed by atoms with Gasteiger partial charge in [0.15, 0.2) is 0 Å². The summed E-state index contributed by atoms with van der Waals surface area (Å²) >= 11 is 0. The van der Waals surface area contributed by atoms with E-state index in [0.29, 0.717) is 6.54 Å². The first-order valence-corrected chi connectivity index (χ1v) is 10.3. The van der Waals surface area contributed by atoms with E-state index in [0.717, 1.165) is 24.1 Å². The molecule has 2 unspecified atom stereocenters. The molecule has 2 aromatic carbocycles. The molecule has 0 saturated carbocycles. The van der Waals surface area contributed by atoms with Crippen molar-refractivity contribution in [1.29, 1.82) is 0 Å². The summed E-state index contributed by atoms with van der Waals surface area (Å²) in [6.07, 6.45) is 0.677. The van der Waals surface area contributed by atoms with Gasteiger partial charge in [-0.3, -0.25) is 20.1 Å². The number of aryl methyl sites for hydroxylation is 1. The number of rotatable bonds is 4. The first kappa shape index (κ1) is 20.2. The lowest BCUT2D eigenvalue weighted by molar-refractivity contribution is -0.130. The summed E-state index contributed by atoms with van der Waals surface area (Å²) in [4.78, 5) is 27.4. The van der Waals surface area contributed by atoms with Crippen molar-refractivity contribution < 1.29 is 19.4 Å². The van der Waals surface area contributed by atoms with Gasteiger partial charge >= 0.3 is 6.09 Å². The fraction of sp³-hybridized carbons (Fsp3) is 0.391. The zero-order valence-electron chi connectivity index (χ0n) is 17.1. The number of aliphatic hydroxyl groups is 1. The van der Waals surface area contributed by atoms with Crippen LogP contribution in [0.5, 0.6) is 0 Å². The summed E-state index contributed by atoms with van der Waals surface area (Å²) in [6, 6.07) is 17.3. The minimum atomic E-state index is -1.19. The third kappa shape index (κ3) is 3.98. The number of nitrogens with one attached hydrogen (secondary N) is 1. The van der Waals surface area contributed by atoms with Crippen LogP contribution >= 0.6 is 0 Å². The zero-order valence-corrected chi connectivity index (χ0v) is 17.1. The van der Waals surface area contributed by atoms with Crippen LogP contribution < -0.4 is 10.4 Å². The van der Waals surface area contributed by atoms with Gasteiger partial charge in [-0.2, -0.15) is 0 Å². The first-order valence-electron chi connectivity index (χ1n) is 10.3. The number of likely N-dealkylation sites (tertiary alicyclic amines) is 1. The van der Waals surface area contributed by atoms with Crippen LogP contribution in [0.25, 0.3) is 0 Å². The number of para-hydroxylation sites is 1. The SMILES string of the molecule is CC1(C(=O)NN2CCCc3ccccc32)CC(O)CN1C(=O)OCc1ccccc1. The minimum absolute atomic E-state index is 0.0636. The highest BCUT2D eigenvalue weighted by Crippen LogP contribution is 2.32. The van der Waals surface area contributed by atoms with E-state index >= 15 is 0 Å². The Labute approximate surface area is 176 Å². The highest BCUT2D eigenvalue weighted by Gasteiger charge is 2.51. The second-order valence-corrected chi connectivity index (χ2v) is 8.11. The summed E-state index contributed by atoms with van der Waals surface area (Å²) in [5, 5.41) is 12.1. The molecule has 30 heavy (non-hydrogen) atoms. The van der Waals surface area contributed by atoms with Crippen molar-refractivity contribution in [2.24, 2.45) is 0 Å². The molecule has 4 rings (SSSR count). The molecule has 2 N–H and O–H groups in total. The number of hydrazine groups is 1. The predicted molar refractivity (Wildman–Crippen MR) is 113 cm³/mol. The van der Waals surface area contributed by atoms with Crippen LogP contribution in [0.1, 0.15) is 30.9 Å². The van der Waals surface area contributed by atoms with Crippen LogP contribution in [-0.4, -0.2) is 46.7 Å². The van der Waals surface area contributed by atoms with Crippen LogP contribution in [0, 0.1) is 0 Å². The maximum Gasteiger partial charge on any atom is 0.411 e. The monoisotopic (exact) mass is 409 g/mol. The van der Waals surface area contributed by atoms with E-state index in [2.05, 4.69) is 11.5 Å². The molecule has 0 aliphatic carbocycles. The Balaban J connectivity index is 1.47. The molecule has 0 spiro atoms. The minimum Gasteiger partial charge on any atom is -0.445 e. The average Bonchev–Trinajstić information content (AvgIpc) is 3.08. The summed E-state index contributed by atoms with van der Waals surface area (Å²) in [7, 11) is 0. The largest absolute Gasteiger partial charge is 0.445 e. The molecule has 0 bridgehead atoms. The van der Waals surface area contributed by atoms with Gasteiger partial charge in [0.05, 0.1) is 18.3 Å². The summed E-state index contributed by atoms with van der Waals surface area (Å²) in [6.45, 7) is 2.55. The van der Waals surface area contributed by atoms with Gasteiger partial charge in [-0.05, 0) is 37.0 Å². The van der Waals surface area contributed by atoms with Gasteiger partial charge in [0.2, 0.25) is 0 Å². The van der Waals surface area contributed by atoms with Gasteiger partial charge in [-0.15, -0.1) is 0 Å². The van der Waals surface area contributed by atoms with E-state index in [9.17, 15) is 14.7 Å². The van der Waals surface area contributed by atoms with Crippen molar-refractivity contribution in [3.8, 4) is 0 Å². The number of ether oxygens (including phenoxy) is 1. The molecule has 2 heterocycles. The van der Waals surface area contributed by atoms with Gasteiger partial charge in [-0.25, -0.2) is 4.79 Å². The number of aliphatic hydroxyl groups excluding tert-OH is 1. The molecule has 2 aromatic rings. The lowest BCUT2D eigenvalue weighted by Crippen LogP contribution is -2.59. The zero-order chi connectivity index (χ0) is 21.1. The van der Waals surface area contributed by atoms with E-state index in [4.69, 9.17) is 4.74 Å². The van der Waals surface area contributed by atoms with Crippen molar-refractivity contribution >= 4 is 17.7 Å². The van der Waals surface area contributed by atoms with Crippen molar-refractivity contribution in [3.63, 3.8) is 0 Å². The van der Waals surface area contributed by atoms with Gasteiger partial charge in [0.1, 0.15) is 12.1 Å². The summed E-state index contributed by atoms with van der Waals surface area (Å²) in [5.41, 5.74) is 4.79. The van der Waals surface area contributed by atoms with Crippen LogP contribution in [0.2, 0.25) is 0 Å². The van der Waals surface area contributed by atoms with Crippen molar-refractivity contribution in [3.05, 3.63) is 65.7 Å². The second kappa shape index (κ2) is 8.36. The molecular weight excluding hydrogens is 382 g/mol. The third-order valence-electron chi connectivity index (χ3n) is 5.88. The van der Waals surface area contributed by atoms with E-state index in [-0.39, 0.29) is 25.5 Å². The summed E-state index contributed by atoms with van der Waals surface area (Å²) < 4.78 is 5.43. The average molecular weight is 409 g/mol. The van der Waals surface area contributed by atoms with Gasteiger partial charge in [-0.1, -0.05) is 48.5 Å². The predicted octanol–water partition coefficient (Wildman–Crippen LogP) is 2.63. The molecule has 0 radical (unpaired) electrons. The Morgan fingerprint density at radius 3 is 2.70 bits per heavy atom. The van der Waals surface area contributed by atoms with Gasteiger partial charge in [0.25, 0.3) is 5.91 Å². The molecule has 1 fully saturated rings. The number of carbonyl (C=O) groups is 2. The number of amides is 2. The molecule has 2 aliphatic rings. The van der Waals surface area contributed by atoms with Crippen molar-refractivity contribution in [2.45, 2.75) is 44.4 Å². The molecular formula is C23H27N3O4. The smallest absolute Gasteiger partial charge is 0.411 e. The Morgan fingerprint density at radius 1 is 1.17 bits per heavy atom. The first-order chi connectivity index (χ1) is 14.5. The highest BCUT2D eigenvalue weighted by atomic mass is 16.6. The van der Waals surface area contributed by atoms with Crippen LogP contribution in [-0.2, 0) is 22.6 Å². The van der Waals surface area contributed by atoms with E-state index in [1.54, 1.807) is 6.92 Å². The number of benzene rings is 2. The van der Waals surface area contributed by atoms with Crippen LogP contribution in [0.4, 0.5) is 10.5 Å². The van der Waals surface area contributed by atoms with E-state index in [1.807, 2.05) is 53.5 Å². The topological polar surface area (TPSA) is 82.1 Å². The molecule has 7 heteroatoms. The second-order valence-electron chi connectivity index (χ2n) is 8.11. The Bertz CT molecular complexity index is 920. The van der Waals surface area contributed by atoms with E-state index < -0.39 is 17.7 Å². The van der Waals surface area contributed by atoms with Crippen LogP contribution in [0.15, 0.2) is 54.6 Å². The molecule has 7 nitrogen and oxygen atoms in total. The molecule has 0 aromatic heterocycles. The summed E-state index contributed by atoms with van der Waals surface area (Å²) in [5.74, 6) is -0.326. The maximum atomic E-state index is 13.3. The molecule has 2 aliphatic heterocycles. The normalized spacial score (nSPS) is 23.1. The number of anilines is 1. The Kier molecular flexibility index (Phi) is 5.63. The highest BCUT2D eigenvalue weighted by molar-refractivity contribution is 5.91. The van der Waals surface area contributed by atoms with Crippen molar-refractivity contribution in [2.75, 3.05) is 18.1 Å². The lowest BCUT2D eigenvalue weighted by atomic mass is 9.97. The van der Waals surface area contributed by atoms with Gasteiger partial charge in [0, 0.05) is 13.0 Å². The Morgan fingerprint density at radius 2 is 1.90 bits per heavy atom. The molecule has 158 valence electrons. The van der Waals surface area contributed by atoms with E-state index in [1.165, 1.54) is 10.5 Å². The fourth-order valence-electron chi connectivity index (χ4n) is 4.23. The number of hydrogen-bond donors (Lipinski definition) is 2. The van der Waals surface area contributed by atoms with Gasteiger partial charge < -0.3 is 9.84 Å². The molecule has 1 saturated heterocycles. The number of fused-ring (bicyclic) bond motifs is 1. The third-order valence-corrected chi connectivity index (χ3v) is 5.88. The van der Waals surface area contributed by atoms with Crippen molar-refractivity contribution in [1.82, 2.24) is 10.3 Å². The standard InChI is InChI=1S/C23H27N3O4/c1-23(21(28)24-26-13-7-11-18-10-5-6-12-20(18)26)14-19(27)15-25(23)22(29)30-16-17-8-3-2-4-9-17/h2-6,8-10,12,19,27H,7,11,13-16H2,1H3,(H,24,28). The Hall–Kier alpha value is -3.06. The number of nitrogens with zero attached hydrogens (tertiary/aromatic N) is 2. The quantitative estimate of drug-likeness (QED) is 0.811. The maximum absolute atomic E-state index is 13.3. The number of carbonyl (C=O) groups excluding carboxylic acids is 2. The number of β-amino-alcohol motifs (C(OH)–C–C–N with tert-alkyl or cyclic N) is 1. The number of hydrogen-bond acceptors (Lipinski definition) is 5. The molecule has 2 amide bonds. The fourth-order valence-corrected chi connectivity index (χ4v) is 4.23. The van der Waals surface area contributed by atoms with Crippen LogP contribution in [0.3, 0.4) is 0 Å². The lowest BCUT2D eigenvalue weighted by Gasteiger charge is -2.37.